The maximum absolute atomic E-state index is 12.3. The van der Waals surface area contributed by atoms with Crippen molar-refractivity contribution in [2.75, 3.05) is 51.3 Å². The average molecular weight is 445 g/mol. The summed E-state index contributed by atoms with van der Waals surface area (Å²) in [5.41, 5.74) is 2.81. The summed E-state index contributed by atoms with van der Waals surface area (Å²) in [5, 5.41) is 4.80. The fourth-order valence-electron chi connectivity index (χ4n) is 3.56. The summed E-state index contributed by atoms with van der Waals surface area (Å²) in [4.78, 5) is 21.8. The number of aromatic nitrogens is 1. The van der Waals surface area contributed by atoms with E-state index in [1.807, 2.05) is 12.1 Å². The molecule has 1 saturated heterocycles. The lowest BCUT2D eigenvalue weighted by atomic mass is 10.2. The number of amides is 1. The van der Waals surface area contributed by atoms with E-state index in [-0.39, 0.29) is 5.91 Å². The van der Waals surface area contributed by atoms with E-state index in [9.17, 15) is 4.79 Å². The van der Waals surface area contributed by atoms with E-state index in [4.69, 9.17) is 21.3 Å². The van der Waals surface area contributed by atoms with E-state index in [1.54, 1.807) is 42.7 Å². The van der Waals surface area contributed by atoms with Crippen molar-refractivity contribution in [2.45, 2.75) is 6.92 Å². The average Bonchev–Trinajstić information content (AvgIpc) is 3.24. The van der Waals surface area contributed by atoms with Gasteiger partial charge in [0.15, 0.2) is 5.13 Å². The van der Waals surface area contributed by atoms with Crippen LogP contribution in [0.2, 0.25) is 5.02 Å². The van der Waals surface area contributed by atoms with Crippen LogP contribution in [0.1, 0.15) is 15.9 Å². The molecular weight excluding hydrogens is 420 g/mol. The Morgan fingerprint density at radius 3 is 2.57 bits per heavy atom. The molecule has 0 saturated carbocycles. The number of ether oxygens (including phenoxy) is 1. The van der Waals surface area contributed by atoms with E-state index in [1.165, 1.54) is 0 Å². The van der Waals surface area contributed by atoms with Crippen molar-refractivity contribution >= 4 is 44.2 Å². The number of halogens is 1. The van der Waals surface area contributed by atoms with Crippen LogP contribution in [0.3, 0.4) is 0 Å². The van der Waals surface area contributed by atoms with Crippen LogP contribution in [-0.4, -0.2) is 62.2 Å². The van der Waals surface area contributed by atoms with Crippen LogP contribution in [-0.2, 0) is 0 Å². The minimum atomic E-state index is -0.0574. The molecule has 3 aromatic rings. The molecular formula is C22H25ClN4O2S. The molecule has 0 aliphatic carbocycles. The van der Waals surface area contributed by atoms with Gasteiger partial charge in [-0.15, -0.1) is 0 Å². The summed E-state index contributed by atoms with van der Waals surface area (Å²) in [6.45, 7) is 7.26. The molecule has 0 atom stereocenters. The van der Waals surface area contributed by atoms with Crippen molar-refractivity contribution in [3.63, 3.8) is 0 Å². The zero-order valence-corrected chi connectivity index (χ0v) is 18.7. The Morgan fingerprint density at radius 2 is 1.90 bits per heavy atom. The number of aryl methyl sites for hydroxylation is 1. The van der Waals surface area contributed by atoms with Gasteiger partial charge in [0.25, 0.3) is 5.91 Å². The fraction of sp³-hybridized carbons (Fsp3) is 0.364. The van der Waals surface area contributed by atoms with E-state index in [0.29, 0.717) is 12.1 Å². The van der Waals surface area contributed by atoms with Crippen LogP contribution >= 0.6 is 22.9 Å². The molecule has 1 fully saturated rings. The Kier molecular flexibility index (Phi) is 6.41. The smallest absolute Gasteiger partial charge is 0.251 e. The van der Waals surface area contributed by atoms with Gasteiger partial charge in [-0.3, -0.25) is 9.69 Å². The second-order valence-corrected chi connectivity index (χ2v) is 8.74. The summed E-state index contributed by atoms with van der Waals surface area (Å²) in [6.07, 6.45) is 0. The van der Waals surface area contributed by atoms with Gasteiger partial charge in [0.05, 0.1) is 22.3 Å². The SMILES string of the molecule is COc1ccc(C(=O)NCCN2CCN(c3nc4c(C)ccc(Cl)c4s3)CC2)cc1. The summed E-state index contributed by atoms with van der Waals surface area (Å²) in [7, 11) is 1.61. The van der Waals surface area contributed by atoms with Crippen molar-refractivity contribution in [2.24, 2.45) is 0 Å². The number of hydrogen-bond donors (Lipinski definition) is 1. The number of fused-ring (bicyclic) bond motifs is 1. The van der Waals surface area contributed by atoms with Gasteiger partial charge in [-0.1, -0.05) is 29.0 Å². The number of methoxy groups -OCH3 is 1. The van der Waals surface area contributed by atoms with E-state index in [2.05, 4.69) is 22.0 Å². The predicted molar refractivity (Wildman–Crippen MR) is 123 cm³/mol. The molecule has 6 nitrogen and oxygen atoms in total. The molecule has 0 unspecified atom stereocenters. The van der Waals surface area contributed by atoms with E-state index in [0.717, 1.165) is 64.4 Å². The van der Waals surface area contributed by atoms with Gasteiger partial charge < -0.3 is 15.0 Å². The van der Waals surface area contributed by atoms with Gasteiger partial charge in [0.2, 0.25) is 0 Å². The summed E-state index contributed by atoms with van der Waals surface area (Å²) < 4.78 is 6.19. The third-order valence-corrected chi connectivity index (χ3v) is 6.97. The number of carbonyl (C=O) groups excluding carboxylic acids is 1. The highest BCUT2D eigenvalue weighted by Crippen LogP contribution is 2.35. The van der Waals surface area contributed by atoms with Crippen LogP contribution in [0.15, 0.2) is 36.4 Å². The molecule has 1 amide bonds. The molecule has 0 bridgehead atoms. The third-order valence-electron chi connectivity index (χ3n) is 5.39. The Morgan fingerprint density at radius 1 is 1.17 bits per heavy atom. The first-order valence-corrected chi connectivity index (χ1v) is 11.2. The molecule has 1 N–H and O–H groups in total. The lowest BCUT2D eigenvalue weighted by Crippen LogP contribution is -2.48. The van der Waals surface area contributed by atoms with Crippen LogP contribution < -0.4 is 15.0 Å². The first-order chi connectivity index (χ1) is 14.5. The number of benzene rings is 2. The molecule has 158 valence electrons. The Hall–Kier alpha value is -2.35. The molecule has 8 heteroatoms. The molecule has 30 heavy (non-hydrogen) atoms. The Bertz CT molecular complexity index is 991. The third kappa shape index (κ3) is 4.53. The number of carbonyl (C=O) groups is 1. The number of hydrogen-bond acceptors (Lipinski definition) is 6. The van der Waals surface area contributed by atoms with Crippen molar-refractivity contribution < 1.29 is 9.53 Å². The number of nitrogens with one attached hydrogen (secondary N) is 1. The minimum absolute atomic E-state index is 0.0574. The van der Waals surface area contributed by atoms with Gasteiger partial charge in [-0.2, -0.15) is 0 Å². The van der Waals surface area contributed by atoms with Crippen LogP contribution in [0.5, 0.6) is 5.75 Å². The molecule has 0 spiro atoms. The zero-order chi connectivity index (χ0) is 21.1. The van der Waals surface area contributed by atoms with E-state index >= 15 is 0 Å². The quantitative estimate of drug-likeness (QED) is 0.626. The van der Waals surface area contributed by atoms with Crippen molar-refractivity contribution in [1.82, 2.24) is 15.2 Å². The monoisotopic (exact) mass is 444 g/mol. The lowest BCUT2D eigenvalue weighted by molar-refractivity contribution is 0.0947. The number of thiazole rings is 1. The summed E-state index contributed by atoms with van der Waals surface area (Å²) in [6, 6.07) is 11.1. The second kappa shape index (κ2) is 9.20. The summed E-state index contributed by atoms with van der Waals surface area (Å²) in [5.74, 6) is 0.688. The standard InChI is InChI=1S/C22H25ClN4O2S/c1-15-3-8-18(23)20-19(15)25-22(30-20)27-13-11-26(12-14-27)10-9-24-21(28)16-4-6-17(29-2)7-5-16/h3-8H,9-14H2,1-2H3,(H,24,28). The van der Waals surface area contributed by atoms with Gasteiger partial charge in [0, 0.05) is 44.8 Å². The largest absolute Gasteiger partial charge is 0.497 e. The molecule has 4 rings (SSSR count). The van der Waals surface area contributed by atoms with Gasteiger partial charge in [-0.05, 0) is 42.8 Å². The highest BCUT2D eigenvalue weighted by atomic mass is 35.5. The fourth-order valence-corrected chi connectivity index (χ4v) is 4.93. The number of rotatable bonds is 6. The molecule has 1 aliphatic heterocycles. The van der Waals surface area contributed by atoms with Gasteiger partial charge >= 0.3 is 0 Å². The predicted octanol–water partition coefficient (Wildman–Crippen LogP) is 3.82. The zero-order valence-electron chi connectivity index (χ0n) is 17.2. The number of piperazine rings is 1. The first kappa shape index (κ1) is 20.9. The van der Waals surface area contributed by atoms with E-state index < -0.39 is 0 Å². The maximum Gasteiger partial charge on any atom is 0.251 e. The molecule has 1 aromatic heterocycles. The topological polar surface area (TPSA) is 57.7 Å². The maximum atomic E-state index is 12.3. The van der Waals surface area contributed by atoms with Crippen molar-refractivity contribution in [3.05, 3.63) is 52.5 Å². The second-order valence-electron chi connectivity index (χ2n) is 7.35. The molecule has 1 aliphatic rings. The van der Waals surface area contributed by atoms with Crippen LogP contribution in [0.4, 0.5) is 5.13 Å². The number of nitrogens with zero attached hydrogens (tertiary/aromatic N) is 3. The molecule has 2 heterocycles. The Balaban J connectivity index is 1.26. The van der Waals surface area contributed by atoms with Crippen LogP contribution in [0, 0.1) is 6.92 Å². The normalized spacial score (nSPS) is 14.8. The highest BCUT2D eigenvalue weighted by Gasteiger charge is 2.21. The van der Waals surface area contributed by atoms with Crippen molar-refractivity contribution in [3.8, 4) is 5.75 Å². The number of anilines is 1. The first-order valence-electron chi connectivity index (χ1n) is 10.0. The highest BCUT2D eigenvalue weighted by molar-refractivity contribution is 7.22. The van der Waals surface area contributed by atoms with Crippen LogP contribution in [0.25, 0.3) is 10.2 Å². The van der Waals surface area contributed by atoms with Gasteiger partial charge in [-0.25, -0.2) is 4.98 Å². The van der Waals surface area contributed by atoms with Gasteiger partial charge in [0.1, 0.15) is 5.75 Å². The summed E-state index contributed by atoms with van der Waals surface area (Å²) >= 11 is 8.02. The molecule has 2 aromatic carbocycles. The Labute approximate surface area is 185 Å². The lowest BCUT2D eigenvalue weighted by Gasteiger charge is -2.34. The minimum Gasteiger partial charge on any atom is -0.497 e. The van der Waals surface area contributed by atoms with Crippen molar-refractivity contribution in [1.29, 1.82) is 0 Å². The molecule has 0 radical (unpaired) electrons.